The molecule has 4 heteroatoms. The SMILES string of the molecule is Bc1ccc(N2CCC=C(Cl)C2=O)cc1. The molecule has 1 heterocycles. The molecule has 2 nitrogen and oxygen atoms in total. The van der Waals surface area contributed by atoms with Gasteiger partial charge in [0.25, 0.3) is 5.91 Å². The Labute approximate surface area is 94.9 Å². The average molecular weight is 219 g/mol. The van der Waals surface area contributed by atoms with E-state index in [2.05, 4.69) is 0 Å². The van der Waals surface area contributed by atoms with Crippen molar-refractivity contribution in [3.63, 3.8) is 0 Å². The first-order valence-corrected chi connectivity index (χ1v) is 5.30. The number of benzene rings is 1. The third kappa shape index (κ3) is 2.07. The van der Waals surface area contributed by atoms with Crippen molar-refractivity contribution in [3.8, 4) is 0 Å². The molecule has 0 saturated carbocycles. The monoisotopic (exact) mass is 219 g/mol. The largest absolute Gasteiger partial charge is 0.307 e. The zero-order valence-electron chi connectivity index (χ0n) is 8.53. The maximum absolute atomic E-state index is 11.7. The molecule has 15 heavy (non-hydrogen) atoms. The van der Waals surface area contributed by atoms with Crippen LogP contribution in [-0.2, 0) is 4.79 Å². The lowest BCUT2D eigenvalue weighted by Gasteiger charge is -2.25. The summed E-state index contributed by atoms with van der Waals surface area (Å²) in [6, 6.07) is 7.88. The lowest BCUT2D eigenvalue weighted by Crippen LogP contribution is -2.34. The van der Waals surface area contributed by atoms with E-state index in [-0.39, 0.29) is 5.91 Å². The molecule has 0 saturated heterocycles. The van der Waals surface area contributed by atoms with Crippen LogP contribution in [0.25, 0.3) is 0 Å². The minimum Gasteiger partial charge on any atom is -0.307 e. The van der Waals surface area contributed by atoms with E-state index in [0.717, 1.165) is 12.1 Å². The van der Waals surface area contributed by atoms with Crippen LogP contribution >= 0.6 is 11.6 Å². The molecule has 1 aromatic carbocycles. The van der Waals surface area contributed by atoms with Crippen LogP contribution in [0.1, 0.15) is 6.42 Å². The second-order valence-corrected chi connectivity index (χ2v) is 4.04. The molecule has 0 aliphatic carbocycles. The fraction of sp³-hybridized carbons (Fsp3) is 0.182. The van der Waals surface area contributed by atoms with Crippen LogP contribution in [0, 0.1) is 0 Å². The third-order valence-electron chi connectivity index (χ3n) is 2.47. The molecule has 2 rings (SSSR count). The van der Waals surface area contributed by atoms with Crippen LogP contribution in [0.15, 0.2) is 35.4 Å². The van der Waals surface area contributed by atoms with Gasteiger partial charge in [-0.15, -0.1) is 0 Å². The number of hydrogen-bond donors (Lipinski definition) is 0. The molecule has 0 aromatic heterocycles. The highest BCUT2D eigenvalue weighted by Crippen LogP contribution is 2.21. The van der Waals surface area contributed by atoms with Gasteiger partial charge < -0.3 is 4.90 Å². The fourth-order valence-electron chi connectivity index (χ4n) is 1.61. The number of amides is 1. The van der Waals surface area contributed by atoms with Gasteiger partial charge in [-0.3, -0.25) is 4.79 Å². The first-order chi connectivity index (χ1) is 7.18. The van der Waals surface area contributed by atoms with Gasteiger partial charge in [-0.05, 0) is 18.6 Å². The van der Waals surface area contributed by atoms with Gasteiger partial charge in [-0.25, -0.2) is 0 Å². The van der Waals surface area contributed by atoms with E-state index >= 15 is 0 Å². The quantitative estimate of drug-likeness (QED) is 0.640. The Balaban J connectivity index is 2.28. The Hall–Kier alpha value is -1.22. The molecule has 76 valence electrons. The van der Waals surface area contributed by atoms with E-state index in [4.69, 9.17) is 11.6 Å². The summed E-state index contributed by atoms with van der Waals surface area (Å²) in [4.78, 5) is 13.4. The number of nitrogens with zero attached hydrogens (tertiary/aromatic N) is 1. The van der Waals surface area contributed by atoms with Crippen LogP contribution in [0.4, 0.5) is 5.69 Å². The Morgan fingerprint density at radius 3 is 2.60 bits per heavy atom. The zero-order chi connectivity index (χ0) is 10.8. The highest BCUT2D eigenvalue weighted by atomic mass is 35.5. The molecule has 0 spiro atoms. The maximum atomic E-state index is 11.7. The Kier molecular flexibility index (Phi) is 2.82. The van der Waals surface area contributed by atoms with Crippen molar-refractivity contribution in [2.75, 3.05) is 11.4 Å². The summed E-state index contributed by atoms with van der Waals surface area (Å²) in [5.74, 6) is -0.105. The summed E-state index contributed by atoms with van der Waals surface area (Å²) >= 11 is 5.81. The van der Waals surface area contributed by atoms with Crippen molar-refractivity contribution in [2.24, 2.45) is 0 Å². The van der Waals surface area contributed by atoms with Gasteiger partial charge >= 0.3 is 0 Å². The van der Waals surface area contributed by atoms with E-state index in [0.29, 0.717) is 11.6 Å². The lowest BCUT2D eigenvalue weighted by atomic mass is 9.96. The molecule has 0 N–H and O–H groups in total. The molecule has 0 fully saturated rings. The number of rotatable bonds is 1. The Bertz CT molecular complexity index is 413. The number of halogens is 1. The van der Waals surface area contributed by atoms with E-state index < -0.39 is 0 Å². The topological polar surface area (TPSA) is 20.3 Å². The van der Waals surface area contributed by atoms with Crippen LogP contribution in [-0.4, -0.2) is 20.3 Å². The van der Waals surface area contributed by atoms with Gasteiger partial charge in [0, 0.05) is 12.2 Å². The second kappa shape index (κ2) is 4.11. The molecule has 1 aliphatic rings. The first kappa shape index (κ1) is 10.3. The van der Waals surface area contributed by atoms with Gasteiger partial charge in [-0.1, -0.05) is 35.3 Å². The molecule has 1 aliphatic heterocycles. The van der Waals surface area contributed by atoms with Crippen molar-refractivity contribution < 1.29 is 4.79 Å². The van der Waals surface area contributed by atoms with Crippen LogP contribution in [0.2, 0.25) is 0 Å². The average Bonchev–Trinajstić information content (AvgIpc) is 2.24. The maximum Gasteiger partial charge on any atom is 0.269 e. The van der Waals surface area contributed by atoms with Gasteiger partial charge in [0.05, 0.1) is 0 Å². The van der Waals surface area contributed by atoms with Crippen molar-refractivity contribution in [3.05, 3.63) is 35.4 Å². The smallest absolute Gasteiger partial charge is 0.269 e. The zero-order valence-corrected chi connectivity index (χ0v) is 9.29. The van der Waals surface area contributed by atoms with E-state index in [1.54, 1.807) is 11.0 Å². The van der Waals surface area contributed by atoms with E-state index in [9.17, 15) is 4.79 Å². The standard InChI is InChI=1S/C11H11BClNO/c12-8-3-5-9(6-4-8)14-7-1-2-10(13)11(14)15/h2-6H,1,7,12H2. The molecular weight excluding hydrogens is 208 g/mol. The van der Waals surface area contributed by atoms with Gasteiger partial charge in [0.2, 0.25) is 0 Å². The summed E-state index contributed by atoms with van der Waals surface area (Å²) in [5.41, 5.74) is 2.10. The lowest BCUT2D eigenvalue weighted by molar-refractivity contribution is -0.114. The number of carbonyl (C=O) groups excluding carboxylic acids is 1. The highest BCUT2D eigenvalue weighted by molar-refractivity contribution is 6.44. The summed E-state index contributed by atoms with van der Waals surface area (Å²) in [6.45, 7) is 0.706. The first-order valence-electron chi connectivity index (χ1n) is 4.92. The van der Waals surface area contributed by atoms with Gasteiger partial charge in [-0.2, -0.15) is 0 Å². The van der Waals surface area contributed by atoms with E-state index in [1.165, 1.54) is 5.46 Å². The van der Waals surface area contributed by atoms with Crippen molar-refractivity contribution in [2.45, 2.75) is 6.42 Å². The van der Waals surface area contributed by atoms with E-state index in [1.807, 2.05) is 32.1 Å². The van der Waals surface area contributed by atoms with Gasteiger partial charge in [0.1, 0.15) is 12.9 Å². The Morgan fingerprint density at radius 1 is 1.27 bits per heavy atom. The normalized spacial score (nSPS) is 16.5. The minimum absolute atomic E-state index is 0.105. The Morgan fingerprint density at radius 2 is 1.93 bits per heavy atom. The van der Waals surface area contributed by atoms with Crippen LogP contribution in [0.5, 0.6) is 0 Å². The van der Waals surface area contributed by atoms with Crippen molar-refractivity contribution in [1.29, 1.82) is 0 Å². The third-order valence-corrected chi connectivity index (χ3v) is 2.79. The number of carbonyl (C=O) groups is 1. The molecule has 0 atom stereocenters. The predicted octanol–water partition coefficient (Wildman–Crippen LogP) is 0.804. The molecule has 0 radical (unpaired) electrons. The second-order valence-electron chi connectivity index (χ2n) is 3.63. The predicted molar refractivity (Wildman–Crippen MR) is 65.5 cm³/mol. The highest BCUT2D eigenvalue weighted by Gasteiger charge is 2.21. The van der Waals surface area contributed by atoms with Gasteiger partial charge in [0.15, 0.2) is 0 Å². The molecule has 0 bridgehead atoms. The summed E-state index contributed by atoms with van der Waals surface area (Å²) in [5, 5.41) is 0.321. The minimum atomic E-state index is -0.105. The van der Waals surface area contributed by atoms with Crippen LogP contribution < -0.4 is 10.4 Å². The molecule has 1 aromatic rings. The molecule has 0 unspecified atom stereocenters. The van der Waals surface area contributed by atoms with Crippen LogP contribution in [0.3, 0.4) is 0 Å². The van der Waals surface area contributed by atoms with Crippen molar-refractivity contribution >= 4 is 36.5 Å². The summed E-state index contributed by atoms with van der Waals surface area (Å²) < 4.78 is 0. The fourth-order valence-corrected chi connectivity index (χ4v) is 1.82. The molecule has 1 amide bonds. The number of anilines is 1. The number of hydrogen-bond acceptors (Lipinski definition) is 1. The summed E-state index contributed by atoms with van der Waals surface area (Å²) in [7, 11) is 2.02. The van der Waals surface area contributed by atoms with Crippen molar-refractivity contribution in [1.82, 2.24) is 0 Å². The molecular formula is C11H11BClNO. The summed E-state index contributed by atoms with van der Waals surface area (Å²) in [6.07, 6.45) is 2.59.